The number of methoxy groups -OCH3 is 1. The maximum Gasteiger partial charge on any atom is 0.277 e. The summed E-state index contributed by atoms with van der Waals surface area (Å²) in [6, 6.07) is 9.36. The predicted molar refractivity (Wildman–Crippen MR) is 75.4 cm³/mol. The summed E-state index contributed by atoms with van der Waals surface area (Å²) in [4.78, 5) is 18.1. The molecule has 0 N–H and O–H groups in total. The van der Waals surface area contributed by atoms with Gasteiger partial charge in [0.2, 0.25) is 0 Å². The Hall–Kier alpha value is -1.88. The zero-order valence-corrected chi connectivity index (χ0v) is 11.8. The molecule has 4 nitrogen and oxygen atoms in total. The maximum atomic E-state index is 12.3. The first-order valence-electron chi connectivity index (χ1n) is 5.80. The van der Waals surface area contributed by atoms with Gasteiger partial charge in [0, 0.05) is 17.4 Å². The van der Waals surface area contributed by atoms with Crippen LogP contribution < -0.4 is 9.64 Å². The number of nitrogens with zero attached hydrogens (tertiary/aromatic N) is 2. The lowest BCUT2D eigenvalue weighted by Gasteiger charge is -2.16. The van der Waals surface area contributed by atoms with E-state index in [4.69, 9.17) is 4.74 Å². The number of hydrogen-bond donors (Lipinski definition) is 0. The Morgan fingerprint density at radius 2 is 2.21 bits per heavy atom. The van der Waals surface area contributed by atoms with Crippen molar-refractivity contribution in [2.45, 2.75) is 6.54 Å². The first kappa shape index (κ1) is 12.2. The number of halogens is 1. The summed E-state index contributed by atoms with van der Waals surface area (Å²) in [5.41, 5.74) is 2.32. The molecule has 0 unspecified atom stereocenters. The molecular weight excluding hydrogens is 308 g/mol. The quantitative estimate of drug-likeness (QED) is 0.854. The number of fused-ring (bicyclic) bond motifs is 1. The normalized spacial score (nSPS) is 13.6. The Bertz CT molecular complexity index is 658. The minimum Gasteiger partial charge on any atom is -0.496 e. The average molecular weight is 319 g/mol. The number of benzene rings is 1. The number of hydrogen-bond acceptors (Lipinski definition) is 3. The first-order chi connectivity index (χ1) is 9.20. The Morgan fingerprint density at radius 1 is 1.37 bits per heavy atom. The number of anilines is 1. The number of aromatic nitrogens is 1. The molecule has 1 aromatic carbocycles. The van der Waals surface area contributed by atoms with Crippen LogP contribution in [0.1, 0.15) is 16.1 Å². The van der Waals surface area contributed by atoms with E-state index in [1.807, 2.05) is 30.3 Å². The van der Waals surface area contributed by atoms with E-state index in [0.29, 0.717) is 12.2 Å². The molecule has 0 saturated heterocycles. The molecule has 2 heterocycles. The minimum absolute atomic E-state index is 0.0623. The van der Waals surface area contributed by atoms with Crippen molar-refractivity contribution in [3.63, 3.8) is 0 Å². The minimum atomic E-state index is -0.0623. The third-order valence-electron chi connectivity index (χ3n) is 3.11. The van der Waals surface area contributed by atoms with Crippen LogP contribution in [0.3, 0.4) is 0 Å². The highest BCUT2D eigenvalue weighted by molar-refractivity contribution is 9.10. The lowest BCUT2D eigenvalue weighted by atomic mass is 10.2. The van der Waals surface area contributed by atoms with Crippen molar-refractivity contribution in [2.75, 3.05) is 12.0 Å². The van der Waals surface area contributed by atoms with Gasteiger partial charge in [-0.05, 0) is 40.2 Å². The van der Waals surface area contributed by atoms with Crippen LogP contribution in [-0.2, 0) is 6.54 Å². The molecule has 2 aromatic rings. The standard InChI is InChI=1S/C14H11BrN2O2/c1-19-12-5-4-10(7-11(12)15)17-8-9-3-2-6-16-13(9)14(17)18/h2-7H,8H2,1H3. The van der Waals surface area contributed by atoms with Crippen molar-refractivity contribution in [3.8, 4) is 5.75 Å². The van der Waals surface area contributed by atoms with E-state index in [2.05, 4.69) is 20.9 Å². The molecule has 5 heteroatoms. The summed E-state index contributed by atoms with van der Waals surface area (Å²) in [5.74, 6) is 0.679. The Kier molecular flexibility index (Phi) is 2.98. The fraction of sp³-hybridized carbons (Fsp3) is 0.143. The number of carbonyl (C=O) groups excluding carboxylic acids is 1. The van der Waals surface area contributed by atoms with Crippen LogP contribution in [-0.4, -0.2) is 18.0 Å². The van der Waals surface area contributed by atoms with E-state index in [9.17, 15) is 4.79 Å². The van der Waals surface area contributed by atoms with Crippen LogP contribution >= 0.6 is 15.9 Å². The van der Waals surface area contributed by atoms with Gasteiger partial charge in [-0.25, -0.2) is 0 Å². The van der Waals surface area contributed by atoms with Crippen molar-refractivity contribution in [1.82, 2.24) is 4.98 Å². The van der Waals surface area contributed by atoms with Crippen LogP contribution in [0.5, 0.6) is 5.75 Å². The molecule has 0 saturated carbocycles. The molecule has 0 fully saturated rings. The van der Waals surface area contributed by atoms with Gasteiger partial charge in [0.1, 0.15) is 11.4 Å². The highest BCUT2D eigenvalue weighted by Gasteiger charge is 2.29. The summed E-state index contributed by atoms with van der Waals surface area (Å²) >= 11 is 3.43. The third kappa shape index (κ3) is 2.00. The second kappa shape index (κ2) is 4.66. The fourth-order valence-electron chi connectivity index (χ4n) is 2.16. The van der Waals surface area contributed by atoms with Crippen molar-refractivity contribution < 1.29 is 9.53 Å². The zero-order chi connectivity index (χ0) is 13.4. The van der Waals surface area contributed by atoms with E-state index < -0.39 is 0 Å². The number of pyridine rings is 1. The molecule has 96 valence electrons. The van der Waals surface area contributed by atoms with Crippen molar-refractivity contribution in [2.24, 2.45) is 0 Å². The Labute approximate surface area is 119 Å². The number of amides is 1. The largest absolute Gasteiger partial charge is 0.496 e. The van der Waals surface area contributed by atoms with E-state index >= 15 is 0 Å². The zero-order valence-electron chi connectivity index (χ0n) is 10.3. The van der Waals surface area contributed by atoms with Crippen LogP contribution in [0.25, 0.3) is 0 Å². The van der Waals surface area contributed by atoms with E-state index in [1.54, 1.807) is 18.2 Å². The van der Waals surface area contributed by atoms with Gasteiger partial charge < -0.3 is 9.64 Å². The van der Waals surface area contributed by atoms with Crippen molar-refractivity contribution in [1.29, 1.82) is 0 Å². The van der Waals surface area contributed by atoms with Gasteiger partial charge in [0.05, 0.1) is 18.1 Å². The van der Waals surface area contributed by atoms with Gasteiger partial charge >= 0.3 is 0 Å². The lowest BCUT2D eigenvalue weighted by molar-refractivity contribution is 0.0992. The van der Waals surface area contributed by atoms with Crippen LogP contribution in [0.4, 0.5) is 5.69 Å². The summed E-state index contributed by atoms with van der Waals surface area (Å²) < 4.78 is 6.01. The van der Waals surface area contributed by atoms with Crippen LogP contribution in [0.2, 0.25) is 0 Å². The van der Waals surface area contributed by atoms with Crippen molar-refractivity contribution in [3.05, 3.63) is 52.3 Å². The molecule has 0 bridgehead atoms. The van der Waals surface area contributed by atoms with Gasteiger partial charge in [0.25, 0.3) is 5.91 Å². The SMILES string of the molecule is COc1ccc(N2Cc3cccnc3C2=O)cc1Br. The molecule has 1 aliphatic heterocycles. The molecule has 3 rings (SSSR count). The van der Waals surface area contributed by atoms with Crippen LogP contribution in [0, 0.1) is 0 Å². The molecule has 0 atom stereocenters. The Morgan fingerprint density at radius 3 is 2.89 bits per heavy atom. The molecule has 1 amide bonds. The summed E-state index contributed by atoms with van der Waals surface area (Å²) in [7, 11) is 1.61. The van der Waals surface area contributed by atoms with Gasteiger partial charge in [-0.3, -0.25) is 9.78 Å². The lowest BCUT2D eigenvalue weighted by Crippen LogP contribution is -2.23. The van der Waals surface area contributed by atoms with Gasteiger partial charge in [0.15, 0.2) is 0 Å². The maximum absolute atomic E-state index is 12.3. The highest BCUT2D eigenvalue weighted by Crippen LogP contribution is 2.33. The average Bonchev–Trinajstić information content (AvgIpc) is 2.77. The molecule has 0 spiro atoms. The molecular formula is C14H11BrN2O2. The molecule has 1 aromatic heterocycles. The summed E-state index contributed by atoms with van der Waals surface area (Å²) in [5, 5.41) is 0. The molecule has 19 heavy (non-hydrogen) atoms. The first-order valence-corrected chi connectivity index (χ1v) is 6.59. The van der Waals surface area contributed by atoms with Crippen LogP contribution in [0.15, 0.2) is 41.0 Å². The highest BCUT2D eigenvalue weighted by atomic mass is 79.9. The van der Waals surface area contributed by atoms with E-state index in [-0.39, 0.29) is 5.91 Å². The fourth-order valence-corrected chi connectivity index (χ4v) is 2.69. The molecule has 0 radical (unpaired) electrons. The summed E-state index contributed by atoms with van der Waals surface area (Å²) in [6.07, 6.45) is 1.64. The third-order valence-corrected chi connectivity index (χ3v) is 3.73. The van der Waals surface area contributed by atoms with Gasteiger partial charge in [-0.1, -0.05) is 6.07 Å². The van der Waals surface area contributed by atoms with Gasteiger partial charge in [-0.2, -0.15) is 0 Å². The van der Waals surface area contributed by atoms with Crippen molar-refractivity contribution >= 4 is 27.5 Å². The van der Waals surface area contributed by atoms with E-state index in [0.717, 1.165) is 21.5 Å². The topological polar surface area (TPSA) is 42.4 Å². The summed E-state index contributed by atoms with van der Waals surface area (Å²) in [6.45, 7) is 0.556. The van der Waals surface area contributed by atoms with E-state index in [1.165, 1.54) is 0 Å². The predicted octanol–water partition coefficient (Wildman–Crippen LogP) is 3.01. The smallest absolute Gasteiger partial charge is 0.277 e. The number of rotatable bonds is 2. The Balaban J connectivity index is 1.97. The number of ether oxygens (including phenoxy) is 1. The molecule has 1 aliphatic rings. The van der Waals surface area contributed by atoms with Gasteiger partial charge in [-0.15, -0.1) is 0 Å². The second-order valence-corrected chi connectivity index (χ2v) is 5.08. The number of carbonyl (C=O) groups is 1. The molecule has 0 aliphatic carbocycles. The second-order valence-electron chi connectivity index (χ2n) is 4.22. The monoisotopic (exact) mass is 318 g/mol.